The van der Waals surface area contributed by atoms with E-state index in [1.165, 1.54) is 11.4 Å². The third-order valence-electron chi connectivity index (χ3n) is 2.72. The fraction of sp³-hybridized carbons (Fsp3) is 0.538. The highest BCUT2D eigenvalue weighted by Gasteiger charge is 2.25. The zero-order valence-electron chi connectivity index (χ0n) is 11.8. The maximum atomic E-state index is 12.3. The molecule has 0 amide bonds. The summed E-state index contributed by atoms with van der Waals surface area (Å²) < 4.78 is 31.3. The number of sulfonamides is 1. The molecule has 1 aromatic rings. The monoisotopic (exact) mass is 286 g/mol. The SMILES string of the molecule is C=CCN(C)S(=O)(=O)c1cc(CNCCC)oc1C. The van der Waals surface area contributed by atoms with Crippen molar-refractivity contribution < 1.29 is 12.8 Å². The van der Waals surface area contributed by atoms with Gasteiger partial charge in [-0.3, -0.25) is 0 Å². The second-order valence-electron chi connectivity index (χ2n) is 4.38. The zero-order valence-corrected chi connectivity index (χ0v) is 12.6. The molecule has 0 saturated heterocycles. The first kappa shape index (κ1) is 15.9. The summed E-state index contributed by atoms with van der Waals surface area (Å²) in [7, 11) is -1.97. The van der Waals surface area contributed by atoms with Crippen molar-refractivity contribution in [3.63, 3.8) is 0 Å². The van der Waals surface area contributed by atoms with Crippen LogP contribution < -0.4 is 5.32 Å². The highest BCUT2D eigenvalue weighted by Crippen LogP contribution is 2.22. The van der Waals surface area contributed by atoms with Gasteiger partial charge in [0.1, 0.15) is 16.4 Å². The van der Waals surface area contributed by atoms with E-state index in [0.29, 0.717) is 18.1 Å². The van der Waals surface area contributed by atoms with Crippen LogP contribution in [0.2, 0.25) is 0 Å². The molecule has 0 saturated carbocycles. The van der Waals surface area contributed by atoms with Crippen molar-refractivity contribution in [2.24, 2.45) is 0 Å². The van der Waals surface area contributed by atoms with Crippen LogP contribution in [-0.2, 0) is 16.6 Å². The lowest BCUT2D eigenvalue weighted by Gasteiger charge is -2.13. The van der Waals surface area contributed by atoms with Crippen molar-refractivity contribution in [2.75, 3.05) is 20.1 Å². The van der Waals surface area contributed by atoms with Crippen LogP contribution in [-0.4, -0.2) is 32.9 Å². The molecule has 0 unspecified atom stereocenters. The van der Waals surface area contributed by atoms with E-state index in [0.717, 1.165) is 13.0 Å². The number of hydrogen-bond donors (Lipinski definition) is 1. The van der Waals surface area contributed by atoms with Crippen LogP contribution >= 0.6 is 0 Å². The molecule has 5 nitrogen and oxygen atoms in total. The third kappa shape index (κ3) is 3.92. The number of rotatable bonds is 8. The summed E-state index contributed by atoms with van der Waals surface area (Å²) in [6.07, 6.45) is 2.57. The minimum atomic E-state index is -3.50. The molecule has 0 aliphatic heterocycles. The van der Waals surface area contributed by atoms with Gasteiger partial charge in [0.25, 0.3) is 0 Å². The fourth-order valence-electron chi connectivity index (χ4n) is 1.70. The molecule has 0 spiro atoms. The second kappa shape index (κ2) is 6.88. The van der Waals surface area contributed by atoms with Gasteiger partial charge in [0, 0.05) is 19.7 Å². The van der Waals surface area contributed by atoms with Gasteiger partial charge in [-0.1, -0.05) is 13.0 Å². The number of nitrogens with zero attached hydrogens (tertiary/aromatic N) is 1. The van der Waals surface area contributed by atoms with Gasteiger partial charge in [0.05, 0.1) is 6.54 Å². The van der Waals surface area contributed by atoms with E-state index >= 15 is 0 Å². The van der Waals surface area contributed by atoms with Gasteiger partial charge in [0.15, 0.2) is 0 Å². The van der Waals surface area contributed by atoms with E-state index in [4.69, 9.17) is 4.42 Å². The van der Waals surface area contributed by atoms with Gasteiger partial charge in [-0.15, -0.1) is 6.58 Å². The molecule has 1 heterocycles. The van der Waals surface area contributed by atoms with Crippen LogP contribution in [0.25, 0.3) is 0 Å². The first-order valence-corrected chi connectivity index (χ1v) is 7.74. The number of hydrogen-bond acceptors (Lipinski definition) is 4. The maximum Gasteiger partial charge on any atom is 0.246 e. The predicted octanol–water partition coefficient (Wildman–Crippen LogP) is 1.89. The molecule has 108 valence electrons. The van der Waals surface area contributed by atoms with Crippen molar-refractivity contribution in [3.8, 4) is 0 Å². The summed E-state index contributed by atoms with van der Waals surface area (Å²) in [6, 6.07) is 1.59. The van der Waals surface area contributed by atoms with Gasteiger partial charge in [-0.05, 0) is 19.9 Å². The van der Waals surface area contributed by atoms with Crippen LogP contribution in [0.1, 0.15) is 24.9 Å². The predicted molar refractivity (Wildman–Crippen MR) is 75.5 cm³/mol. The highest BCUT2D eigenvalue weighted by atomic mass is 32.2. The number of furan rings is 1. The Hall–Kier alpha value is -1.11. The van der Waals surface area contributed by atoms with Crippen LogP contribution in [0.15, 0.2) is 28.0 Å². The van der Waals surface area contributed by atoms with Crippen molar-refractivity contribution in [1.29, 1.82) is 0 Å². The lowest BCUT2D eigenvalue weighted by molar-refractivity contribution is 0.454. The number of aryl methyl sites for hydroxylation is 1. The Labute approximate surface area is 115 Å². The Kier molecular flexibility index (Phi) is 5.78. The first-order chi connectivity index (χ1) is 8.93. The summed E-state index contributed by atoms with van der Waals surface area (Å²) in [5.74, 6) is 1.06. The largest absolute Gasteiger partial charge is 0.464 e. The Bertz CT molecular complexity index is 520. The Balaban J connectivity index is 2.91. The summed E-state index contributed by atoms with van der Waals surface area (Å²) in [5.41, 5.74) is 0. The van der Waals surface area contributed by atoms with Gasteiger partial charge in [-0.25, -0.2) is 8.42 Å². The molecule has 0 atom stereocenters. The molecular formula is C13H22N2O3S. The fourth-order valence-corrected chi connectivity index (χ4v) is 3.03. The molecule has 1 rings (SSSR count). The van der Waals surface area contributed by atoms with Crippen LogP contribution in [0, 0.1) is 6.92 Å². The van der Waals surface area contributed by atoms with Crippen LogP contribution in [0.4, 0.5) is 0 Å². The maximum absolute atomic E-state index is 12.3. The molecule has 0 aliphatic rings. The van der Waals surface area contributed by atoms with Gasteiger partial charge in [-0.2, -0.15) is 4.31 Å². The number of nitrogens with one attached hydrogen (secondary N) is 1. The van der Waals surface area contributed by atoms with Gasteiger partial charge >= 0.3 is 0 Å². The molecule has 0 fully saturated rings. The van der Waals surface area contributed by atoms with Gasteiger partial charge in [0.2, 0.25) is 10.0 Å². The van der Waals surface area contributed by atoms with Crippen LogP contribution in [0.3, 0.4) is 0 Å². The van der Waals surface area contributed by atoms with E-state index in [1.807, 2.05) is 0 Å². The summed E-state index contributed by atoms with van der Waals surface area (Å²) in [4.78, 5) is 0.227. The third-order valence-corrected chi connectivity index (χ3v) is 4.65. The molecule has 1 N–H and O–H groups in total. The highest BCUT2D eigenvalue weighted by molar-refractivity contribution is 7.89. The Morgan fingerprint density at radius 1 is 1.53 bits per heavy atom. The van der Waals surface area contributed by atoms with Crippen molar-refractivity contribution >= 4 is 10.0 Å². The minimum absolute atomic E-state index is 0.227. The Morgan fingerprint density at radius 2 is 2.21 bits per heavy atom. The average Bonchev–Trinajstić information content (AvgIpc) is 2.72. The number of likely N-dealkylation sites (N-methyl/N-ethyl adjacent to an activating group) is 1. The average molecular weight is 286 g/mol. The smallest absolute Gasteiger partial charge is 0.246 e. The molecule has 0 aliphatic carbocycles. The quantitative estimate of drug-likeness (QED) is 0.585. The zero-order chi connectivity index (χ0) is 14.5. The summed E-state index contributed by atoms with van der Waals surface area (Å²) >= 11 is 0. The summed E-state index contributed by atoms with van der Waals surface area (Å²) in [6.45, 7) is 8.96. The molecular weight excluding hydrogens is 264 g/mol. The second-order valence-corrected chi connectivity index (χ2v) is 6.40. The molecule has 6 heteroatoms. The van der Waals surface area contributed by atoms with Crippen molar-refractivity contribution in [2.45, 2.75) is 31.7 Å². The molecule has 1 aromatic heterocycles. The van der Waals surface area contributed by atoms with Crippen LogP contribution in [0.5, 0.6) is 0 Å². The van der Waals surface area contributed by atoms with Crippen molar-refractivity contribution in [3.05, 3.63) is 30.2 Å². The van der Waals surface area contributed by atoms with E-state index < -0.39 is 10.0 Å². The lowest BCUT2D eigenvalue weighted by atomic mass is 10.4. The Morgan fingerprint density at radius 3 is 2.79 bits per heavy atom. The van der Waals surface area contributed by atoms with E-state index in [2.05, 4.69) is 18.8 Å². The molecule has 0 radical (unpaired) electrons. The topological polar surface area (TPSA) is 62.6 Å². The summed E-state index contributed by atoms with van der Waals surface area (Å²) in [5, 5.41) is 3.18. The molecule has 19 heavy (non-hydrogen) atoms. The van der Waals surface area contributed by atoms with Gasteiger partial charge < -0.3 is 9.73 Å². The minimum Gasteiger partial charge on any atom is -0.464 e. The normalized spacial score (nSPS) is 12.0. The standard InChI is InChI=1S/C13H22N2O3S/c1-5-7-14-10-12-9-13(11(3)18-12)19(16,17)15(4)8-6-2/h6,9,14H,2,5,7-8,10H2,1,3-4H3. The van der Waals surface area contributed by atoms with E-state index in [-0.39, 0.29) is 11.4 Å². The molecule has 0 bridgehead atoms. The molecule has 0 aromatic carbocycles. The van der Waals surface area contributed by atoms with Crippen molar-refractivity contribution in [1.82, 2.24) is 9.62 Å². The first-order valence-electron chi connectivity index (χ1n) is 6.30. The lowest BCUT2D eigenvalue weighted by Crippen LogP contribution is -2.27. The van der Waals surface area contributed by atoms with E-state index in [1.54, 1.807) is 19.1 Å². The van der Waals surface area contributed by atoms with E-state index in [9.17, 15) is 8.42 Å².